The fourth-order valence-corrected chi connectivity index (χ4v) is 2.85. The maximum atomic E-state index is 12.1. The number of halogens is 3. The average molecular weight is 266 g/mol. The summed E-state index contributed by atoms with van der Waals surface area (Å²) in [6.07, 6.45) is -1.68. The molecule has 0 saturated carbocycles. The third kappa shape index (κ3) is 5.14. The van der Waals surface area contributed by atoms with Crippen molar-refractivity contribution < 1.29 is 13.2 Å². The van der Waals surface area contributed by atoms with Crippen LogP contribution < -0.4 is 5.73 Å². The van der Waals surface area contributed by atoms with Gasteiger partial charge in [-0.3, -0.25) is 4.90 Å². The van der Waals surface area contributed by atoms with Gasteiger partial charge in [-0.05, 0) is 45.1 Å². The summed E-state index contributed by atoms with van der Waals surface area (Å²) in [5.41, 5.74) is 5.77. The Hall–Kier alpha value is -0.290. The molecule has 0 aliphatic carbocycles. The number of nitrogens with two attached hydrogens (primary N) is 1. The van der Waals surface area contributed by atoms with Crippen molar-refractivity contribution in [2.45, 2.75) is 64.2 Å². The van der Waals surface area contributed by atoms with E-state index in [0.29, 0.717) is 24.9 Å². The minimum absolute atomic E-state index is 0.202. The minimum atomic E-state index is -4.02. The highest BCUT2D eigenvalue weighted by Gasteiger charge is 2.30. The van der Waals surface area contributed by atoms with Crippen molar-refractivity contribution in [3.8, 4) is 0 Å². The van der Waals surface area contributed by atoms with E-state index in [2.05, 4.69) is 11.8 Å². The van der Waals surface area contributed by atoms with E-state index in [4.69, 9.17) is 5.73 Å². The van der Waals surface area contributed by atoms with Crippen LogP contribution in [0.2, 0.25) is 0 Å². The van der Waals surface area contributed by atoms with Crippen molar-refractivity contribution in [1.29, 1.82) is 0 Å². The van der Waals surface area contributed by atoms with Crippen LogP contribution in [-0.2, 0) is 0 Å². The summed E-state index contributed by atoms with van der Waals surface area (Å²) >= 11 is 0. The molecule has 0 aromatic carbocycles. The van der Waals surface area contributed by atoms with E-state index in [1.807, 2.05) is 6.92 Å². The van der Waals surface area contributed by atoms with Gasteiger partial charge in [0.05, 0.1) is 0 Å². The molecular weight excluding hydrogens is 241 g/mol. The molecule has 18 heavy (non-hydrogen) atoms. The van der Waals surface area contributed by atoms with Gasteiger partial charge in [0, 0.05) is 25.0 Å². The summed E-state index contributed by atoms with van der Waals surface area (Å²) in [4.78, 5) is 2.30. The lowest BCUT2D eigenvalue weighted by Gasteiger charge is -2.41. The highest BCUT2D eigenvalue weighted by Crippen LogP contribution is 2.27. The van der Waals surface area contributed by atoms with E-state index < -0.39 is 12.6 Å². The molecule has 1 rings (SSSR count). The Kier molecular flexibility index (Phi) is 5.92. The fourth-order valence-electron chi connectivity index (χ4n) is 2.85. The number of nitrogens with zero attached hydrogens (tertiary/aromatic N) is 1. The molecule has 3 atom stereocenters. The lowest BCUT2D eigenvalue weighted by atomic mass is 9.90. The van der Waals surface area contributed by atoms with Crippen LogP contribution in [0.5, 0.6) is 0 Å². The van der Waals surface area contributed by atoms with Crippen molar-refractivity contribution in [3.05, 3.63) is 0 Å². The molecule has 0 radical (unpaired) electrons. The summed E-state index contributed by atoms with van der Waals surface area (Å²) < 4.78 is 36.3. The highest BCUT2D eigenvalue weighted by atomic mass is 19.4. The Morgan fingerprint density at radius 2 is 2.06 bits per heavy atom. The molecule has 5 heteroatoms. The zero-order chi connectivity index (χ0) is 13.8. The topological polar surface area (TPSA) is 29.3 Å². The van der Waals surface area contributed by atoms with Gasteiger partial charge < -0.3 is 5.73 Å². The predicted molar refractivity (Wildman–Crippen MR) is 67.3 cm³/mol. The predicted octanol–water partition coefficient (Wildman–Crippen LogP) is 3.17. The van der Waals surface area contributed by atoms with Gasteiger partial charge in [-0.2, -0.15) is 13.2 Å². The monoisotopic (exact) mass is 266 g/mol. The van der Waals surface area contributed by atoms with Gasteiger partial charge in [0.2, 0.25) is 0 Å². The molecule has 0 amide bonds. The Labute approximate surface area is 108 Å². The number of alkyl halides is 3. The van der Waals surface area contributed by atoms with Crippen LogP contribution in [0.1, 0.15) is 46.0 Å². The van der Waals surface area contributed by atoms with Crippen LogP contribution in [0.3, 0.4) is 0 Å². The van der Waals surface area contributed by atoms with Gasteiger partial charge >= 0.3 is 6.18 Å². The first-order valence-electron chi connectivity index (χ1n) is 6.86. The fraction of sp³-hybridized carbons (Fsp3) is 1.00. The molecule has 1 aliphatic rings. The van der Waals surface area contributed by atoms with Gasteiger partial charge in [0.1, 0.15) is 0 Å². The second kappa shape index (κ2) is 6.75. The van der Waals surface area contributed by atoms with Gasteiger partial charge in [-0.25, -0.2) is 0 Å². The number of likely N-dealkylation sites (tertiary alicyclic amines) is 1. The van der Waals surface area contributed by atoms with Crippen LogP contribution in [0.25, 0.3) is 0 Å². The molecule has 3 unspecified atom stereocenters. The molecule has 0 bridgehead atoms. The summed E-state index contributed by atoms with van der Waals surface area (Å²) in [7, 11) is 0. The second-order valence-corrected chi connectivity index (χ2v) is 5.61. The molecule has 2 nitrogen and oxygen atoms in total. The van der Waals surface area contributed by atoms with Crippen molar-refractivity contribution in [2.24, 2.45) is 11.7 Å². The third-order valence-electron chi connectivity index (χ3n) is 3.94. The number of rotatable bonds is 5. The van der Waals surface area contributed by atoms with E-state index >= 15 is 0 Å². The van der Waals surface area contributed by atoms with E-state index in [-0.39, 0.29) is 12.5 Å². The smallest absolute Gasteiger partial charge is 0.329 e. The van der Waals surface area contributed by atoms with Crippen LogP contribution in [0.4, 0.5) is 13.2 Å². The number of piperidine rings is 1. The molecule has 0 spiro atoms. The van der Waals surface area contributed by atoms with Crippen LogP contribution >= 0.6 is 0 Å². The third-order valence-corrected chi connectivity index (χ3v) is 3.94. The Bertz CT molecular complexity index is 243. The van der Waals surface area contributed by atoms with Crippen LogP contribution in [0, 0.1) is 5.92 Å². The molecule has 0 aromatic heterocycles. The van der Waals surface area contributed by atoms with Gasteiger partial charge in [-0.1, -0.05) is 6.92 Å². The zero-order valence-corrected chi connectivity index (χ0v) is 11.3. The summed E-state index contributed by atoms with van der Waals surface area (Å²) in [6.45, 7) is 5.81. The number of hydrogen-bond acceptors (Lipinski definition) is 2. The maximum absolute atomic E-state index is 12.1. The molecule has 2 N–H and O–H groups in total. The van der Waals surface area contributed by atoms with Gasteiger partial charge in [-0.15, -0.1) is 0 Å². The van der Waals surface area contributed by atoms with Crippen molar-refractivity contribution in [2.75, 3.05) is 13.1 Å². The lowest BCUT2D eigenvalue weighted by Crippen LogP contribution is -2.50. The molecule has 108 valence electrons. The first kappa shape index (κ1) is 15.8. The largest absolute Gasteiger partial charge is 0.389 e. The standard InChI is InChI=1S/C13H25F3N2/c1-10-5-7-18(12(8-10)9-17)11(2)4-3-6-13(14,15)16/h10-12H,3-9,17H2,1-2H3. The van der Waals surface area contributed by atoms with Crippen molar-refractivity contribution in [3.63, 3.8) is 0 Å². The van der Waals surface area contributed by atoms with Gasteiger partial charge in [0.25, 0.3) is 0 Å². The van der Waals surface area contributed by atoms with Crippen molar-refractivity contribution >= 4 is 0 Å². The first-order chi connectivity index (χ1) is 8.33. The van der Waals surface area contributed by atoms with Crippen LogP contribution in [0.15, 0.2) is 0 Å². The highest BCUT2D eigenvalue weighted by molar-refractivity contribution is 4.84. The first-order valence-corrected chi connectivity index (χ1v) is 6.86. The molecule has 1 heterocycles. The van der Waals surface area contributed by atoms with Crippen molar-refractivity contribution in [1.82, 2.24) is 4.90 Å². The quantitative estimate of drug-likeness (QED) is 0.828. The molecule has 1 aliphatic heterocycles. The average Bonchev–Trinajstić information content (AvgIpc) is 2.26. The molecular formula is C13H25F3N2. The van der Waals surface area contributed by atoms with E-state index in [1.165, 1.54) is 0 Å². The zero-order valence-electron chi connectivity index (χ0n) is 11.3. The normalized spacial score (nSPS) is 28.3. The SMILES string of the molecule is CC1CCN(C(C)CCCC(F)(F)F)C(CN)C1. The summed E-state index contributed by atoms with van der Waals surface area (Å²) in [5.74, 6) is 0.678. The maximum Gasteiger partial charge on any atom is 0.389 e. The Balaban J connectivity index is 2.37. The minimum Gasteiger partial charge on any atom is -0.329 e. The Morgan fingerprint density at radius 1 is 1.39 bits per heavy atom. The number of hydrogen-bond donors (Lipinski definition) is 1. The summed E-state index contributed by atoms with van der Waals surface area (Å²) in [5, 5.41) is 0. The second-order valence-electron chi connectivity index (χ2n) is 5.61. The van der Waals surface area contributed by atoms with Gasteiger partial charge in [0.15, 0.2) is 0 Å². The summed E-state index contributed by atoms with van der Waals surface area (Å²) in [6, 6.07) is 0.544. The van der Waals surface area contributed by atoms with Crippen LogP contribution in [-0.4, -0.2) is 36.2 Å². The Morgan fingerprint density at radius 3 is 2.61 bits per heavy atom. The van der Waals surface area contributed by atoms with E-state index in [9.17, 15) is 13.2 Å². The molecule has 0 aromatic rings. The lowest BCUT2D eigenvalue weighted by molar-refractivity contribution is -0.136. The van der Waals surface area contributed by atoms with E-state index in [1.54, 1.807) is 0 Å². The van der Waals surface area contributed by atoms with E-state index in [0.717, 1.165) is 19.4 Å². The molecule has 1 saturated heterocycles. The molecule has 1 fully saturated rings.